The Hall–Kier alpha value is -4.40. The van der Waals surface area contributed by atoms with Crippen molar-refractivity contribution in [2.24, 2.45) is 0 Å². The summed E-state index contributed by atoms with van der Waals surface area (Å²) in [6, 6.07) is 22.0. The number of para-hydroxylation sites is 1. The van der Waals surface area contributed by atoms with Gasteiger partial charge in [0.25, 0.3) is 11.8 Å². The first-order chi connectivity index (χ1) is 18.1. The molecule has 0 bridgehead atoms. The highest BCUT2D eigenvalue weighted by atomic mass is 19.4. The fourth-order valence-electron chi connectivity index (χ4n) is 4.61. The molecule has 0 spiro atoms. The van der Waals surface area contributed by atoms with Gasteiger partial charge < -0.3 is 15.0 Å². The molecule has 0 saturated carbocycles. The molecular formula is C29H25F3N2O4. The number of ether oxygens (including phenoxy) is 1. The van der Waals surface area contributed by atoms with E-state index in [4.69, 9.17) is 4.74 Å². The van der Waals surface area contributed by atoms with Crippen LogP contribution >= 0.6 is 0 Å². The van der Waals surface area contributed by atoms with Gasteiger partial charge in [-0.05, 0) is 31.0 Å². The number of hydrogen-bond donors (Lipinski definition) is 1. The number of carbonyl (C=O) groups is 3. The molecule has 0 unspecified atom stereocenters. The normalized spacial score (nSPS) is 17.5. The van der Waals surface area contributed by atoms with Crippen molar-refractivity contribution >= 4 is 17.6 Å². The third kappa shape index (κ3) is 4.67. The molecule has 0 radical (unpaired) electrons. The summed E-state index contributed by atoms with van der Waals surface area (Å²) in [7, 11) is 1.27. The third-order valence-electron chi connectivity index (χ3n) is 6.52. The molecule has 3 aromatic carbocycles. The number of Topliss-reactive ketones (excluding diaryl/α,β-unsaturated/α-hetero) is 1. The third-order valence-corrected chi connectivity index (χ3v) is 6.52. The lowest BCUT2D eigenvalue weighted by molar-refractivity contribution is -0.189. The Labute approximate surface area is 217 Å². The average Bonchev–Trinajstić information content (AvgIpc) is 3.13. The SMILES string of the molecule is COc1ccccc1C(=O)N[C@@]1(C(F)(F)F)C(=O)N(CCc2ccccc2)C(C)=C1C(=O)c1ccccc1. The predicted molar refractivity (Wildman–Crippen MR) is 135 cm³/mol. The number of ketones is 1. The highest BCUT2D eigenvalue weighted by Crippen LogP contribution is 2.46. The van der Waals surface area contributed by atoms with Crippen LogP contribution in [0.15, 0.2) is 96.2 Å². The zero-order chi connectivity index (χ0) is 27.5. The van der Waals surface area contributed by atoms with Crippen molar-refractivity contribution in [1.29, 1.82) is 0 Å². The van der Waals surface area contributed by atoms with Crippen LogP contribution in [0.1, 0.15) is 33.2 Å². The van der Waals surface area contributed by atoms with Crippen molar-refractivity contribution in [3.63, 3.8) is 0 Å². The van der Waals surface area contributed by atoms with Crippen molar-refractivity contribution in [2.45, 2.75) is 25.1 Å². The molecule has 9 heteroatoms. The molecule has 38 heavy (non-hydrogen) atoms. The molecule has 4 rings (SSSR count). The van der Waals surface area contributed by atoms with Crippen molar-refractivity contribution in [1.82, 2.24) is 10.2 Å². The first kappa shape index (κ1) is 26.7. The molecule has 6 nitrogen and oxygen atoms in total. The Morgan fingerprint density at radius 2 is 1.50 bits per heavy atom. The maximum Gasteiger partial charge on any atom is 0.425 e. The lowest BCUT2D eigenvalue weighted by Gasteiger charge is -2.33. The van der Waals surface area contributed by atoms with Crippen LogP contribution in [-0.4, -0.2) is 47.9 Å². The smallest absolute Gasteiger partial charge is 0.425 e. The molecule has 196 valence electrons. The summed E-state index contributed by atoms with van der Waals surface area (Å²) in [4.78, 5) is 41.6. The first-order valence-corrected chi connectivity index (χ1v) is 11.8. The van der Waals surface area contributed by atoms with Crippen LogP contribution < -0.4 is 10.1 Å². The molecule has 1 N–H and O–H groups in total. The standard InChI is InChI=1S/C29H25F3N2O4/c1-19-24(25(35)21-13-7-4-8-14-21)28(29(30,31)32,33-26(36)22-15-9-10-16-23(22)38-2)27(37)34(19)18-17-20-11-5-3-6-12-20/h3-16H,17-18H2,1-2H3,(H,33,36)/t28-/m1/s1. The molecule has 1 aliphatic rings. The van der Waals surface area contributed by atoms with Gasteiger partial charge >= 0.3 is 6.18 Å². The van der Waals surface area contributed by atoms with Crippen LogP contribution in [0.4, 0.5) is 13.2 Å². The van der Waals surface area contributed by atoms with Gasteiger partial charge in [0.15, 0.2) is 5.78 Å². The number of allylic oxidation sites excluding steroid dienone is 1. The molecule has 0 aromatic heterocycles. The minimum atomic E-state index is -5.34. The van der Waals surface area contributed by atoms with Crippen molar-refractivity contribution < 1.29 is 32.3 Å². The molecular weight excluding hydrogens is 497 g/mol. The molecule has 1 aliphatic heterocycles. The number of rotatable bonds is 8. The fourth-order valence-corrected chi connectivity index (χ4v) is 4.61. The van der Waals surface area contributed by atoms with E-state index in [2.05, 4.69) is 0 Å². The van der Waals surface area contributed by atoms with Crippen LogP contribution in [0.3, 0.4) is 0 Å². The minimum Gasteiger partial charge on any atom is -0.496 e. The number of nitrogens with zero attached hydrogens (tertiary/aromatic N) is 1. The van der Waals surface area contributed by atoms with E-state index in [9.17, 15) is 14.4 Å². The minimum absolute atomic E-state index is 0.0188. The lowest BCUT2D eigenvalue weighted by atomic mass is 9.84. The number of benzene rings is 3. The van der Waals surface area contributed by atoms with E-state index >= 15 is 13.2 Å². The van der Waals surface area contributed by atoms with E-state index in [0.29, 0.717) is 0 Å². The zero-order valence-corrected chi connectivity index (χ0v) is 20.7. The number of alkyl halides is 3. The maximum absolute atomic E-state index is 15.1. The molecule has 1 atom stereocenters. The van der Waals surface area contributed by atoms with E-state index in [-0.39, 0.29) is 35.5 Å². The Morgan fingerprint density at radius 3 is 2.11 bits per heavy atom. The Bertz CT molecular complexity index is 1390. The van der Waals surface area contributed by atoms with E-state index in [0.717, 1.165) is 10.5 Å². The molecule has 0 fully saturated rings. The summed E-state index contributed by atoms with van der Waals surface area (Å²) in [6.45, 7) is 1.17. The summed E-state index contributed by atoms with van der Waals surface area (Å²) in [5, 5.41) is 1.92. The van der Waals surface area contributed by atoms with Gasteiger partial charge in [0, 0.05) is 17.8 Å². The molecule has 1 heterocycles. The highest BCUT2D eigenvalue weighted by Gasteiger charge is 2.70. The van der Waals surface area contributed by atoms with Gasteiger partial charge in [-0.1, -0.05) is 72.8 Å². The lowest BCUT2D eigenvalue weighted by Crippen LogP contribution is -2.66. The highest BCUT2D eigenvalue weighted by molar-refractivity contribution is 6.19. The second-order valence-corrected chi connectivity index (χ2v) is 8.75. The maximum atomic E-state index is 15.1. The summed E-state index contributed by atoms with van der Waals surface area (Å²) in [5.41, 5.74) is -4.06. The second-order valence-electron chi connectivity index (χ2n) is 8.75. The predicted octanol–water partition coefficient (Wildman–Crippen LogP) is 4.97. The summed E-state index contributed by atoms with van der Waals surface area (Å²) in [6.07, 6.45) is -5.10. The number of nitrogens with one attached hydrogen (secondary N) is 1. The fraction of sp³-hybridized carbons (Fsp3) is 0.207. The van der Waals surface area contributed by atoms with Gasteiger partial charge in [0.2, 0.25) is 5.54 Å². The summed E-state index contributed by atoms with van der Waals surface area (Å²) in [5.74, 6) is -3.63. The van der Waals surface area contributed by atoms with E-state index in [1.165, 1.54) is 56.5 Å². The first-order valence-electron chi connectivity index (χ1n) is 11.8. The molecule has 2 amide bonds. The molecule has 0 aliphatic carbocycles. The van der Waals surface area contributed by atoms with Gasteiger partial charge in [-0.3, -0.25) is 14.4 Å². The van der Waals surface area contributed by atoms with E-state index in [1.54, 1.807) is 42.5 Å². The Morgan fingerprint density at radius 1 is 0.921 bits per heavy atom. The van der Waals surface area contributed by atoms with Crippen LogP contribution in [0.2, 0.25) is 0 Å². The van der Waals surface area contributed by atoms with Crippen molar-refractivity contribution in [2.75, 3.05) is 13.7 Å². The van der Waals surface area contributed by atoms with Crippen molar-refractivity contribution in [3.05, 3.63) is 113 Å². The summed E-state index contributed by atoms with van der Waals surface area (Å²) < 4.78 is 50.4. The number of amides is 2. The van der Waals surface area contributed by atoms with E-state index in [1.807, 2.05) is 5.32 Å². The number of hydrogen-bond acceptors (Lipinski definition) is 4. The number of carbonyl (C=O) groups excluding carboxylic acids is 3. The quantitative estimate of drug-likeness (QED) is 0.424. The topological polar surface area (TPSA) is 75.7 Å². The van der Waals surface area contributed by atoms with Crippen LogP contribution in [0.5, 0.6) is 5.75 Å². The van der Waals surface area contributed by atoms with Gasteiger partial charge in [-0.2, -0.15) is 13.2 Å². The molecule has 0 saturated heterocycles. The molecule has 3 aromatic rings. The monoisotopic (exact) mass is 522 g/mol. The van der Waals surface area contributed by atoms with Gasteiger partial charge in [0.05, 0.1) is 18.2 Å². The zero-order valence-electron chi connectivity index (χ0n) is 20.7. The number of halogens is 3. The van der Waals surface area contributed by atoms with Crippen molar-refractivity contribution in [3.8, 4) is 5.75 Å². The van der Waals surface area contributed by atoms with Gasteiger partial charge in [0.1, 0.15) is 5.75 Å². The largest absolute Gasteiger partial charge is 0.496 e. The second kappa shape index (κ2) is 10.5. The van der Waals surface area contributed by atoms with Crippen LogP contribution in [-0.2, 0) is 11.2 Å². The summed E-state index contributed by atoms with van der Waals surface area (Å²) >= 11 is 0. The van der Waals surface area contributed by atoms with Gasteiger partial charge in [-0.15, -0.1) is 0 Å². The Kier molecular flexibility index (Phi) is 7.39. The number of methoxy groups -OCH3 is 1. The van der Waals surface area contributed by atoms with E-state index < -0.39 is 34.9 Å². The average molecular weight is 523 g/mol. The Balaban J connectivity index is 1.85. The van der Waals surface area contributed by atoms with Crippen LogP contribution in [0, 0.1) is 0 Å². The van der Waals surface area contributed by atoms with Crippen LogP contribution in [0.25, 0.3) is 0 Å². The van der Waals surface area contributed by atoms with Gasteiger partial charge in [-0.25, -0.2) is 0 Å².